The topological polar surface area (TPSA) is 85.8 Å². The van der Waals surface area contributed by atoms with Gasteiger partial charge in [-0.1, -0.05) is 25.7 Å². The fraction of sp³-hybridized carbons (Fsp3) is 0.950. The molecular formula is C20H39N5O2S. The molecule has 1 aliphatic heterocycles. The molecule has 7 nitrogen and oxygen atoms in total. The van der Waals surface area contributed by atoms with Gasteiger partial charge in [-0.3, -0.25) is 9.89 Å². The van der Waals surface area contributed by atoms with E-state index in [1.807, 2.05) is 0 Å². The maximum absolute atomic E-state index is 12.1. The van der Waals surface area contributed by atoms with Gasteiger partial charge in [0.05, 0.1) is 5.75 Å². The van der Waals surface area contributed by atoms with Crippen LogP contribution in [0, 0.1) is 5.92 Å². The predicted molar refractivity (Wildman–Crippen MR) is 115 cm³/mol. The number of likely N-dealkylation sites (tertiary alicyclic amines) is 1. The second-order valence-corrected chi connectivity index (χ2v) is 10.7. The highest BCUT2D eigenvalue weighted by atomic mass is 32.2. The molecule has 8 heteroatoms. The summed E-state index contributed by atoms with van der Waals surface area (Å²) < 4.78 is 27.0. The zero-order valence-corrected chi connectivity index (χ0v) is 18.3. The molecule has 0 bridgehead atoms. The highest BCUT2D eigenvalue weighted by Crippen LogP contribution is 2.26. The summed E-state index contributed by atoms with van der Waals surface area (Å²) in [4.78, 5) is 6.95. The molecule has 1 saturated heterocycles. The summed E-state index contributed by atoms with van der Waals surface area (Å²) in [7, 11) is -1.47. The number of piperidine rings is 1. The number of guanidine groups is 1. The van der Waals surface area contributed by atoms with Gasteiger partial charge in [-0.05, 0) is 51.0 Å². The van der Waals surface area contributed by atoms with E-state index in [1.165, 1.54) is 51.5 Å². The Bertz CT molecular complexity index is 600. The average molecular weight is 414 g/mol. The Balaban J connectivity index is 1.37. The zero-order chi connectivity index (χ0) is 19.8. The molecule has 0 aromatic rings. The maximum Gasteiger partial charge on any atom is 0.213 e. The summed E-state index contributed by atoms with van der Waals surface area (Å²) >= 11 is 0. The third-order valence-electron chi connectivity index (χ3n) is 6.59. The molecule has 0 spiro atoms. The fourth-order valence-electron chi connectivity index (χ4n) is 4.61. The number of nitrogens with one attached hydrogen (secondary N) is 3. The van der Waals surface area contributed by atoms with E-state index in [1.54, 1.807) is 7.05 Å². The van der Waals surface area contributed by atoms with Crippen LogP contribution in [0.15, 0.2) is 4.99 Å². The van der Waals surface area contributed by atoms with Crippen molar-refractivity contribution < 1.29 is 8.42 Å². The van der Waals surface area contributed by atoms with E-state index >= 15 is 0 Å². The first-order valence-corrected chi connectivity index (χ1v) is 12.9. The normalized spacial score (nSPS) is 26.0. The summed E-state index contributed by atoms with van der Waals surface area (Å²) in [5.74, 6) is 1.33. The Labute approximate surface area is 171 Å². The minimum absolute atomic E-state index is 0.0826. The van der Waals surface area contributed by atoms with Crippen LogP contribution in [-0.2, 0) is 10.0 Å². The van der Waals surface area contributed by atoms with Crippen molar-refractivity contribution in [1.29, 1.82) is 0 Å². The van der Waals surface area contributed by atoms with Crippen LogP contribution in [0.3, 0.4) is 0 Å². The van der Waals surface area contributed by atoms with Crippen molar-refractivity contribution in [2.75, 3.05) is 39.0 Å². The number of sulfonamides is 1. The minimum Gasteiger partial charge on any atom is -0.355 e. The molecule has 3 fully saturated rings. The van der Waals surface area contributed by atoms with Crippen LogP contribution < -0.4 is 15.4 Å². The number of nitrogens with zero attached hydrogens (tertiary/aromatic N) is 2. The Morgan fingerprint density at radius 2 is 1.82 bits per heavy atom. The van der Waals surface area contributed by atoms with Gasteiger partial charge in [0, 0.05) is 38.8 Å². The van der Waals surface area contributed by atoms with E-state index in [2.05, 4.69) is 25.2 Å². The van der Waals surface area contributed by atoms with Crippen LogP contribution in [0.5, 0.6) is 0 Å². The number of aliphatic imine (C=N–C) groups is 1. The van der Waals surface area contributed by atoms with E-state index in [0.717, 1.165) is 31.8 Å². The van der Waals surface area contributed by atoms with Gasteiger partial charge in [-0.2, -0.15) is 0 Å². The largest absolute Gasteiger partial charge is 0.355 e. The molecule has 2 aliphatic carbocycles. The fourth-order valence-corrected chi connectivity index (χ4v) is 5.61. The number of hydrogen-bond acceptors (Lipinski definition) is 4. The van der Waals surface area contributed by atoms with Crippen LogP contribution in [0.4, 0.5) is 0 Å². The molecule has 3 aliphatic rings. The van der Waals surface area contributed by atoms with Crippen molar-refractivity contribution in [2.24, 2.45) is 10.9 Å². The molecule has 162 valence electrons. The highest BCUT2D eigenvalue weighted by molar-refractivity contribution is 7.89. The quantitative estimate of drug-likeness (QED) is 0.416. The molecule has 28 heavy (non-hydrogen) atoms. The van der Waals surface area contributed by atoms with E-state index in [9.17, 15) is 8.42 Å². The zero-order valence-electron chi connectivity index (χ0n) is 17.5. The van der Waals surface area contributed by atoms with Gasteiger partial charge >= 0.3 is 0 Å². The molecule has 0 aromatic carbocycles. The SMILES string of the molecule is CN=C(NCCS(=O)(=O)NCC1CCC1)NC1CCCN(C2CCCCC2)C1. The lowest BCUT2D eigenvalue weighted by atomic mass is 9.86. The molecule has 0 radical (unpaired) electrons. The van der Waals surface area contributed by atoms with Crippen molar-refractivity contribution in [3.05, 3.63) is 0 Å². The summed E-state index contributed by atoms with van der Waals surface area (Å²) in [6, 6.07) is 1.13. The van der Waals surface area contributed by atoms with E-state index in [-0.39, 0.29) is 5.75 Å². The van der Waals surface area contributed by atoms with Crippen LogP contribution in [0.1, 0.15) is 64.2 Å². The van der Waals surface area contributed by atoms with Crippen LogP contribution in [0.25, 0.3) is 0 Å². The molecule has 3 N–H and O–H groups in total. The van der Waals surface area contributed by atoms with Crippen molar-refractivity contribution >= 4 is 16.0 Å². The van der Waals surface area contributed by atoms with Crippen molar-refractivity contribution in [3.8, 4) is 0 Å². The molecule has 1 unspecified atom stereocenters. The van der Waals surface area contributed by atoms with Crippen LogP contribution in [-0.4, -0.2) is 70.3 Å². The first-order valence-electron chi connectivity index (χ1n) is 11.2. The number of hydrogen-bond donors (Lipinski definition) is 3. The number of rotatable bonds is 8. The molecular weight excluding hydrogens is 374 g/mol. The molecule has 3 rings (SSSR count). The van der Waals surface area contributed by atoms with E-state index in [4.69, 9.17) is 0 Å². The molecule has 1 heterocycles. The van der Waals surface area contributed by atoms with Gasteiger partial charge in [0.15, 0.2) is 5.96 Å². The van der Waals surface area contributed by atoms with E-state index in [0.29, 0.717) is 31.0 Å². The van der Waals surface area contributed by atoms with Gasteiger partial charge in [0.2, 0.25) is 10.0 Å². The van der Waals surface area contributed by atoms with Gasteiger partial charge in [-0.25, -0.2) is 13.1 Å². The molecule has 2 saturated carbocycles. The smallest absolute Gasteiger partial charge is 0.213 e. The van der Waals surface area contributed by atoms with Gasteiger partial charge in [0.25, 0.3) is 0 Å². The Hall–Kier alpha value is -0.860. The summed E-state index contributed by atoms with van der Waals surface area (Å²) in [6.07, 6.45) is 12.7. The second kappa shape index (κ2) is 10.8. The predicted octanol–water partition coefficient (Wildman–Crippen LogP) is 1.67. The lowest BCUT2D eigenvalue weighted by Gasteiger charge is -2.40. The first-order chi connectivity index (χ1) is 13.6. The summed E-state index contributed by atoms with van der Waals surface area (Å²) in [6.45, 7) is 3.24. The van der Waals surface area contributed by atoms with Crippen molar-refractivity contribution in [1.82, 2.24) is 20.3 Å². The van der Waals surface area contributed by atoms with Gasteiger partial charge < -0.3 is 10.6 Å². The summed E-state index contributed by atoms with van der Waals surface area (Å²) in [5.41, 5.74) is 0. The Kier molecular flexibility index (Phi) is 8.41. The van der Waals surface area contributed by atoms with Gasteiger partial charge in [-0.15, -0.1) is 0 Å². The lowest BCUT2D eigenvalue weighted by molar-refractivity contribution is 0.115. The highest BCUT2D eigenvalue weighted by Gasteiger charge is 2.27. The third kappa shape index (κ3) is 6.88. The summed E-state index contributed by atoms with van der Waals surface area (Å²) in [5, 5.41) is 6.70. The van der Waals surface area contributed by atoms with Gasteiger partial charge in [0.1, 0.15) is 0 Å². The lowest BCUT2D eigenvalue weighted by Crippen LogP contribution is -2.54. The third-order valence-corrected chi connectivity index (χ3v) is 7.94. The van der Waals surface area contributed by atoms with Crippen molar-refractivity contribution in [2.45, 2.75) is 76.3 Å². The van der Waals surface area contributed by atoms with E-state index < -0.39 is 10.0 Å². The maximum atomic E-state index is 12.1. The molecule has 0 aromatic heterocycles. The van der Waals surface area contributed by atoms with Crippen molar-refractivity contribution in [3.63, 3.8) is 0 Å². The van der Waals surface area contributed by atoms with Crippen LogP contribution >= 0.6 is 0 Å². The minimum atomic E-state index is -3.22. The monoisotopic (exact) mass is 413 g/mol. The van der Waals surface area contributed by atoms with Crippen LogP contribution in [0.2, 0.25) is 0 Å². The Morgan fingerprint density at radius 3 is 2.50 bits per heavy atom. The standard InChI is InChI=1S/C20H39N5O2S/c1-21-20(22-12-14-28(26,27)23-15-17-7-5-8-17)24-18-9-6-13-25(16-18)19-10-3-2-4-11-19/h17-19,23H,2-16H2,1H3,(H2,21,22,24). The molecule has 0 amide bonds. The second-order valence-electron chi connectivity index (χ2n) is 8.73. The average Bonchev–Trinajstić information content (AvgIpc) is 2.66. The Morgan fingerprint density at radius 1 is 1.04 bits per heavy atom. The first kappa shape index (κ1) is 21.8. The molecule has 1 atom stereocenters.